The lowest BCUT2D eigenvalue weighted by atomic mass is 9.91. The number of rotatable bonds is 7. The molecule has 2 fully saturated rings. The minimum absolute atomic E-state index is 0.0440. The molecule has 1 amide bonds. The molecule has 2 aliphatic carbocycles. The van der Waals surface area contributed by atoms with Gasteiger partial charge in [-0.2, -0.15) is 0 Å². The highest BCUT2D eigenvalue weighted by atomic mass is 32.2. The van der Waals surface area contributed by atoms with Crippen molar-refractivity contribution >= 4 is 17.9 Å². The van der Waals surface area contributed by atoms with Crippen molar-refractivity contribution in [2.75, 3.05) is 26.2 Å². The molecule has 1 saturated carbocycles. The highest BCUT2D eigenvalue weighted by Crippen LogP contribution is 2.29. The SMILES string of the molecule is C[C@H]1C=C(C(=O)NSC2CCCCC2)C=CC1N1CCN(Cc2ccccc2-c2cncc(O)c2)CC1. The van der Waals surface area contributed by atoms with Crippen LogP contribution in [0.15, 0.2) is 66.5 Å². The molecule has 7 heteroatoms. The van der Waals surface area contributed by atoms with E-state index in [1.54, 1.807) is 18.0 Å². The minimum atomic E-state index is 0.0440. The number of aromatic hydroxyl groups is 1. The average Bonchev–Trinajstić information content (AvgIpc) is 2.93. The van der Waals surface area contributed by atoms with Crippen molar-refractivity contribution in [3.05, 3.63) is 72.1 Å². The van der Waals surface area contributed by atoms with E-state index in [0.717, 1.165) is 49.4 Å². The summed E-state index contributed by atoms with van der Waals surface area (Å²) in [5.41, 5.74) is 4.11. The molecule has 2 atom stereocenters. The van der Waals surface area contributed by atoms with Crippen molar-refractivity contribution in [3.8, 4) is 16.9 Å². The van der Waals surface area contributed by atoms with Gasteiger partial charge in [-0.05, 0) is 47.9 Å². The van der Waals surface area contributed by atoms with Crippen LogP contribution < -0.4 is 4.72 Å². The number of aromatic nitrogens is 1. The predicted octanol–water partition coefficient (Wildman–Crippen LogP) is 5.17. The van der Waals surface area contributed by atoms with E-state index in [-0.39, 0.29) is 11.7 Å². The summed E-state index contributed by atoms with van der Waals surface area (Å²) in [6, 6.07) is 10.5. The van der Waals surface area contributed by atoms with Crippen LogP contribution in [0, 0.1) is 5.92 Å². The van der Waals surface area contributed by atoms with Crippen molar-refractivity contribution in [3.63, 3.8) is 0 Å². The van der Waals surface area contributed by atoms with Crippen LogP contribution in [0.5, 0.6) is 5.75 Å². The second kappa shape index (κ2) is 12.3. The van der Waals surface area contributed by atoms with Crippen molar-refractivity contribution < 1.29 is 9.90 Å². The molecule has 0 spiro atoms. The Hall–Kier alpha value is -2.61. The van der Waals surface area contributed by atoms with E-state index in [4.69, 9.17) is 0 Å². The van der Waals surface area contributed by atoms with Crippen molar-refractivity contribution in [1.82, 2.24) is 19.5 Å². The van der Waals surface area contributed by atoms with Crippen LogP contribution in [0.2, 0.25) is 0 Å². The van der Waals surface area contributed by atoms with Gasteiger partial charge in [-0.3, -0.25) is 24.3 Å². The first kappa shape index (κ1) is 26.0. The van der Waals surface area contributed by atoms with Gasteiger partial charge in [0.1, 0.15) is 5.75 Å². The zero-order chi connectivity index (χ0) is 25.6. The molecular weight excluding hydrogens is 480 g/mol. The lowest BCUT2D eigenvalue weighted by molar-refractivity contribution is -0.115. The monoisotopic (exact) mass is 518 g/mol. The molecule has 2 heterocycles. The van der Waals surface area contributed by atoms with Crippen molar-refractivity contribution in [2.45, 2.75) is 56.9 Å². The Labute approximate surface area is 225 Å². The molecule has 6 nitrogen and oxygen atoms in total. The number of hydrogen-bond acceptors (Lipinski definition) is 6. The Morgan fingerprint density at radius 2 is 1.89 bits per heavy atom. The Balaban J connectivity index is 1.13. The first-order valence-electron chi connectivity index (χ1n) is 13.6. The topological polar surface area (TPSA) is 68.7 Å². The number of pyridine rings is 1. The molecule has 3 aliphatic rings. The molecule has 37 heavy (non-hydrogen) atoms. The van der Waals surface area contributed by atoms with Gasteiger partial charge in [0.2, 0.25) is 0 Å². The summed E-state index contributed by atoms with van der Waals surface area (Å²) in [6.07, 6.45) is 16.0. The number of nitrogens with one attached hydrogen (secondary N) is 1. The lowest BCUT2D eigenvalue weighted by Crippen LogP contribution is -2.51. The first-order valence-corrected chi connectivity index (χ1v) is 14.5. The summed E-state index contributed by atoms with van der Waals surface area (Å²) >= 11 is 1.62. The van der Waals surface area contributed by atoms with E-state index in [1.807, 2.05) is 18.3 Å². The van der Waals surface area contributed by atoms with E-state index in [9.17, 15) is 9.90 Å². The Kier molecular flexibility index (Phi) is 8.64. The molecule has 1 aliphatic heterocycles. The highest BCUT2D eigenvalue weighted by Gasteiger charge is 2.28. The quantitative estimate of drug-likeness (QED) is 0.493. The maximum Gasteiger partial charge on any atom is 0.260 e. The minimum Gasteiger partial charge on any atom is -0.506 e. The molecule has 2 N–H and O–H groups in total. The van der Waals surface area contributed by atoms with Gasteiger partial charge in [0, 0.05) is 61.3 Å². The molecular formula is C30H38N4O2S. The third kappa shape index (κ3) is 6.64. The van der Waals surface area contributed by atoms with Gasteiger partial charge in [0.15, 0.2) is 0 Å². The number of carbonyl (C=O) groups excluding carboxylic acids is 1. The van der Waals surface area contributed by atoms with Crippen LogP contribution in [0.25, 0.3) is 11.1 Å². The molecule has 1 aromatic carbocycles. The van der Waals surface area contributed by atoms with E-state index in [2.05, 4.69) is 56.8 Å². The van der Waals surface area contributed by atoms with Crippen LogP contribution in [0.4, 0.5) is 0 Å². The average molecular weight is 519 g/mol. The second-order valence-electron chi connectivity index (χ2n) is 10.5. The van der Waals surface area contributed by atoms with Crippen LogP contribution in [0.3, 0.4) is 0 Å². The zero-order valence-electron chi connectivity index (χ0n) is 21.7. The number of nitrogens with zero attached hydrogens (tertiary/aromatic N) is 3. The molecule has 196 valence electrons. The first-order chi connectivity index (χ1) is 18.1. The largest absolute Gasteiger partial charge is 0.506 e. The normalized spacial score (nSPS) is 23.5. The number of hydrogen-bond donors (Lipinski definition) is 2. The molecule has 1 saturated heterocycles. The van der Waals surface area contributed by atoms with Crippen LogP contribution in [0.1, 0.15) is 44.6 Å². The molecule has 0 bridgehead atoms. The Morgan fingerprint density at radius 1 is 1.11 bits per heavy atom. The lowest BCUT2D eigenvalue weighted by Gasteiger charge is -2.41. The molecule has 0 radical (unpaired) electrons. The van der Waals surface area contributed by atoms with Crippen LogP contribution in [-0.2, 0) is 11.3 Å². The van der Waals surface area contributed by atoms with Gasteiger partial charge in [-0.1, -0.05) is 68.7 Å². The Bertz CT molecular complexity index is 1140. The summed E-state index contributed by atoms with van der Waals surface area (Å²) < 4.78 is 3.11. The summed E-state index contributed by atoms with van der Waals surface area (Å²) in [5.74, 6) is 0.534. The molecule has 1 unspecified atom stereocenters. The molecule has 2 aromatic rings. The van der Waals surface area contributed by atoms with Gasteiger partial charge in [0.05, 0.1) is 6.20 Å². The third-order valence-electron chi connectivity index (χ3n) is 7.86. The maximum absolute atomic E-state index is 12.7. The summed E-state index contributed by atoms with van der Waals surface area (Å²) in [4.78, 5) is 21.9. The zero-order valence-corrected chi connectivity index (χ0v) is 22.5. The van der Waals surface area contributed by atoms with Gasteiger partial charge in [-0.25, -0.2) is 0 Å². The maximum atomic E-state index is 12.7. The second-order valence-corrected chi connectivity index (χ2v) is 11.6. The van der Waals surface area contributed by atoms with Crippen molar-refractivity contribution in [1.29, 1.82) is 0 Å². The summed E-state index contributed by atoms with van der Waals surface area (Å²) in [6.45, 7) is 7.10. The van der Waals surface area contributed by atoms with Crippen LogP contribution >= 0.6 is 11.9 Å². The summed E-state index contributed by atoms with van der Waals surface area (Å²) in [7, 11) is 0. The van der Waals surface area contributed by atoms with Crippen molar-refractivity contribution in [2.24, 2.45) is 5.92 Å². The van der Waals surface area contributed by atoms with Gasteiger partial charge < -0.3 is 5.11 Å². The number of benzene rings is 1. The number of carbonyl (C=O) groups is 1. The van der Waals surface area contributed by atoms with E-state index < -0.39 is 0 Å². The van der Waals surface area contributed by atoms with Gasteiger partial charge in [0.25, 0.3) is 5.91 Å². The third-order valence-corrected chi connectivity index (χ3v) is 8.97. The fourth-order valence-electron chi connectivity index (χ4n) is 5.77. The van der Waals surface area contributed by atoms with Gasteiger partial charge >= 0.3 is 0 Å². The Morgan fingerprint density at radius 3 is 2.65 bits per heavy atom. The summed E-state index contributed by atoms with van der Waals surface area (Å²) in [5, 5.41) is 10.4. The standard InChI is InChI=1S/C30H38N4O2S/c1-22-17-23(30(36)32-37-27-8-3-2-4-9-27)11-12-29(22)34-15-13-33(14-16-34)21-24-7-5-6-10-28(24)25-18-26(35)20-31-19-25/h5-7,10-12,17-20,22,27,29,35H,2-4,8-9,13-16,21H2,1H3,(H,32,36)/t22-,29?/m0/s1. The van der Waals surface area contributed by atoms with E-state index >= 15 is 0 Å². The molecule has 5 rings (SSSR count). The number of amides is 1. The fraction of sp³-hybridized carbons (Fsp3) is 0.467. The van der Waals surface area contributed by atoms with Gasteiger partial charge in [-0.15, -0.1) is 0 Å². The predicted molar refractivity (Wildman–Crippen MR) is 151 cm³/mol. The smallest absolute Gasteiger partial charge is 0.260 e. The van der Waals surface area contributed by atoms with E-state index in [0.29, 0.717) is 17.2 Å². The fourth-order valence-corrected chi connectivity index (χ4v) is 6.74. The van der Waals surface area contributed by atoms with E-state index in [1.165, 1.54) is 43.9 Å². The highest BCUT2D eigenvalue weighted by molar-refractivity contribution is 7.98. The van der Waals surface area contributed by atoms with Crippen LogP contribution in [-0.4, -0.2) is 63.3 Å². The number of piperazine rings is 1. The molecule has 1 aromatic heterocycles.